The first-order valence-corrected chi connectivity index (χ1v) is 6.97. The van der Waals surface area contributed by atoms with E-state index in [1.54, 1.807) is 0 Å². The van der Waals surface area contributed by atoms with Gasteiger partial charge in [0.25, 0.3) is 0 Å². The number of benzene rings is 2. The molecule has 2 rings (SSSR count). The van der Waals surface area contributed by atoms with Gasteiger partial charge in [0, 0.05) is 17.9 Å². The van der Waals surface area contributed by atoms with Crippen LogP contribution in [0, 0.1) is 6.92 Å². The summed E-state index contributed by atoms with van der Waals surface area (Å²) in [5, 5.41) is 13.6. The number of aliphatic hydroxyl groups is 1. The van der Waals surface area contributed by atoms with Gasteiger partial charge in [-0.25, -0.2) is 0 Å². The van der Waals surface area contributed by atoms with Gasteiger partial charge in [-0.05, 0) is 42.2 Å². The number of nitrogen functional groups attached to an aromatic ring is 1. The van der Waals surface area contributed by atoms with Crippen LogP contribution in [0.25, 0.3) is 0 Å². The second-order valence-corrected chi connectivity index (χ2v) is 5.03. The minimum absolute atomic E-state index is 0.474. The highest BCUT2D eigenvalue weighted by molar-refractivity contribution is 5.57. The van der Waals surface area contributed by atoms with Crippen LogP contribution in [0.15, 0.2) is 42.5 Å². The lowest BCUT2D eigenvalue weighted by Gasteiger charge is -2.17. The van der Waals surface area contributed by atoms with Crippen molar-refractivity contribution < 1.29 is 5.11 Å². The van der Waals surface area contributed by atoms with Crippen LogP contribution >= 0.6 is 0 Å². The summed E-state index contributed by atoms with van der Waals surface area (Å²) in [5.74, 6) is 0. The van der Waals surface area contributed by atoms with Crippen molar-refractivity contribution in [1.82, 2.24) is 0 Å². The molecule has 0 saturated carbocycles. The fraction of sp³-hybridized carbons (Fsp3) is 0.294. The SMILES string of the molecule is CCc1cccc(C)c1NCC(O)c1cccc(N)c1. The van der Waals surface area contributed by atoms with Crippen molar-refractivity contribution in [2.75, 3.05) is 17.6 Å². The molecule has 0 aliphatic rings. The van der Waals surface area contributed by atoms with Gasteiger partial charge in [0.05, 0.1) is 6.10 Å². The van der Waals surface area contributed by atoms with Gasteiger partial charge in [-0.2, -0.15) is 0 Å². The molecule has 3 nitrogen and oxygen atoms in total. The topological polar surface area (TPSA) is 58.3 Å². The summed E-state index contributed by atoms with van der Waals surface area (Å²) in [5.41, 5.74) is 10.8. The Morgan fingerprint density at radius 3 is 2.65 bits per heavy atom. The van der Waals surface area contributed by atoms with Crippen molar-refractivity contribution in [2.24, 2.45) is 0 Å². The summed E-state index contributed by atoms with van der Waals surface area (Å²) in [6.45, 7) is 4.68. The first-order valence-electron chi connectivity index (χ1n) is 6.97. The number of rotatable bonds is 5. The van der Waals surface area contributed by atoms with Crippen molar-refractivity contribution in [3.05, 3.63) is 59.2 Å². The lowest BCUT2D eigenvalue weighted by Crippen LogP contribution is -2.14. The quantitative estimate of drug-likeness (QED) is 0.731. The van der Waals surface area contributed by atoms with Crippen LogP contribution in [-0.4, -0.2) is 11.7 Å². The van der Waals surface area contributed by atoms with Crippen molar-refractivity contribution in [3.8, 4) is 0 Å². The molecule has 0 heterocycles. The number of nitrogens with one attached hydrogen (secondary N) is 1. The summed E-state index contributed by atoms with van der Waals surface area (Å²) in [7, 11) is 0. The lowest BCUT2D eigenvalue weighted by atomic mass is 10.0. The summed E-state index contributed by atoms with van der Waals surface area (Å²) in [6, 6.07) is 13.6. The van der Waals surface area contributed by atoms with Crippen LogP contribution in [0.5, 0.6) is 0 Å². The third-order valence-corrected chi connectivity index (χ3v) is 3.51. The van der Waals surface area contributed by atoms with E-state index in [9.17, 15) is 5.11 Å². The molecule has 3 heteroatoms. The molecule has 0 bridgehead atoms. The van der Waals surface area contributed by atoms with Crippen molar-refractivity contribution >= 4 is 11.4 Å². The monoisotopic (exact) mass is 270 g/mol. The predicted octanol–water partition coefficient (Wildman–Crippen LogP) is 3.29. The largest absolute Gasteiger partial charge is 0.399 e. The molecule has 4 N–H and O–H groups in total. The second kappa shape index (κ2) is 6.44. The molecule has 20 heavy (non-hydrogen) atoms. The molecular weight excluding hydrogens is 248 g/mol. The van der Waals surface area contributed by atoms with E-state index in [0.717, 1.165) is 17.7 Å². The van der Waals surface area contributed by atoms with Gasteiger partial charge < -0.3 is 16.2 Å². The molecule has 0 fully saturated rings. The average Bonchev–Trinajstić information content (AvgIpc) is 2.45. The zero-order chi connectivity index (χ0) is 14.5. The van der Waals surface area contributed by atoms with E-state index < -0.39 is 6.10 Å². The molecule has 0 aromatic heterocycles. The smallest absolute Gasteiger partial charge is 0.0963 e. The third kappa shape index (κ3) is 3.31. The van der Waals surface area contributed by atoms with E-state index in [2.05, 4.69) is 37.4 Å². The molecular formula is C17H22N2O. The van der Waals surface area contributed by atoms with E-state index in [-0.39, 0.29) is 0 Å². The standard InChI is InChI=1S/C17H22N2O/c1-3-13-7-4-6-12(2)17(13)19-11-16(20)14-8-5-9-15(18)10-14/h4-10,16,19-20H,3,11,18H2,1-2H3. The highest BCUT2D eigenvalue weighted by Crippen LogP contribution is 2.23. The Bertz CT molecular complexity index is 581. The minimum atomic E-state index is -0.567. The number of hydrogen-bond acceptors (Lipinski definition) is 3. The molecule has 0 radical (unpaired) electrons. The lowest BCUT2D eigenvalue weighted by molar-refractivity contribution is 0.191. The Labute approximate surface area is 120 Å². The molecule has 0 amide bonds. The van der Waals surface area contributed by atoms with Crippen LogP contribution in [-0.2, 0) is 6.42 Å². The Kier molecular flexibility index (Phi) is 4.64. The number of aryl methyl sites for hydroxylation is 2. The summed E-state index contributed by atoms with van der Waals surface area (Å²) >= 11 is 0. The van der Waals surface area contributed by atoms with E-state index >= 15 is 0 Å². The van der Waals surface area contributed by atoms with Gasteiger partial charge in [0.2, 0.25) is 0 Å². The van der Waals surface area contributed by atoms with Gasteiger partial charge >= 0.3 is 0 Å². The third-order valence-electron chi connectivity index (χ3n) is 3.51. The van der Waals surface area contributed by atoms with Gasteiger partial charge in [-0.1, -0.05) is 37.3 Å². The molecule has 2 aromatic carbocycles. The summed E-state index contributed by atoms with van der Waals surface area (Å²) < 4.78 is 0. The highest BCUT2D eigenvalue weighted by Gasteiger charge is 2.10. The fourth-order valence-corrected chi connectivity index (χ4v) is 2.36. The highest BCUT2D eigenvalue weighted by atomic mass is 16.3. The predicted molar refractivity (Wildman–Crippen MR) is 84.9 cm³/mol. The van der Waals surface area contributed by atoms with E-state index in [0.29, 0.717) is 12.2 Å². The number of para-hydroxylation sites is 1. The molecule has 0 saturated heterocycles. The first kappa shape index (κ1) is 14.4. The Balaban J connectivity index is 2.09. The van der Waals surface area contributed by atoms with Crippen molar-refractivity contribution in [2.45, 2.75) is 26.4 Å². The summed E-state index contributed by atoms with van der Waals surface area (Å²) in [6.07, 6.45) is 0.404. The van der Waals surface area contributed by atoms with Crippen molar-refractivity contribution in [3.63, 3.8) is 0 Å². The Hall–Kier alpha value is -2.00. The molecule has 0 spiro atoms. The van der Waals surface area contributed by atoms with Crippen LogP contribution in [0.4, 0.5) is 11.4 Å². The van der Waals surface area contributed by atoms with E-state index in [1.807, 2.05) is 24.3 Å². The number of nitrogens with two attached hydrogens (primary N) is 1. The molecule has 2 aromatic rings. The van der Waals surface area contributed by atoms with E-state index in [4.69, 9.17) is 5.73 Å². The molecule has 0 aliphatic carbocycles. The van der Waals surface area contributed by atoms with Crippen molar-refractivity contribution in [1.29, 1.82) is 0 Å². The average molecular weight is 270 g/mol. The van der Waals surface area contributed by atoms with Gasteiger partial charge in [-0.15, -0.1) is 0 Å². The van der Waals surface area contributed by atoms with Gasteiger partial charge in [-0.3, -0.25) is 0 Å². The van der Waals surface area contributed by atoms with Gasteiger partial charge in [0.1, 0.15) is 0 Å². The zero-order valence-electron chi connectivity index (χ0n) is 12.1. The number of hydrogen-bond donors (Lipinski definition) is 3. The first-order chi connectivity index (χ1) is 9.61. The molecule has 1 unspecified atom stereocenters. The van der Waals surface area contributed by atoms with E-state index in [1.165, 1.54) is 11.1 Å². The van der Waals surface area contributed by atoms with Crippen LogP contribution < -0.4 is 11.1 Å². The van der Waals surface area contributed by atoms with Crippen LogP contribution in [0.3, 0.4) is 0 Å². The number of anilines is 2. The van der Waals surface area contributed by atoms with Gasteiger partial charge in [0.15, 0.2) is 0 Å². The van der Waals surface area contributed by atoms with Crippen LogP contribution in [0.1, 0.15) is 29.7 Å². The minimum Gasteiger partial charge on any atom is -0.399 e. The maximum Gasteiger partial charge on any atom is 0.0963 e. The Morgan fingerprint density at radius 2 is 1.95 bits per heavy atom. The Morgan fingerprint density at radius 1 is 1.20 bits per heavy atom. The number of aliphatic hydroxyl groups excluding tert-OH is 1. The maximum atomic E-state index is 10.2. The second-order valence-electron chi connectivity index (χ2n) is 5.03. The maximum absolute atomic E-state index is 10.2. The zero-order valence-corrected chi connectivity index (χ0v) is 12.1. The summed E-state index contributed by atoms with van der Waals surface area (Å²) in [4.78, 5) is 0. The molecule has 1 atom stereocenters. The fourth-order valence-electron chi connectivity index (χ4n) is 2.36. The molecule has 106 valence electrons. The normalized spacial score (nSPS) is 12.2. The molecule has 0 aliphatic heterocycles. The van der Waals surface area contributed by atoms with Crippen LogP contribution in [0.2, 0.25) is 0 Å².